The molecular weight excluding hydrogens is 374 g/mol. The van der Waals surface area contributed by atoms with Gasteiger partial charge in [0.1, 0.15) is 0 Å². The highest BCUT2D eigenvalue weighted by Crippen LogP contribution is 2.19. The smallest absolute Gasteiger partial charge is 0.321 e. The third kappa shape index (κ3) is 7.37. The van der Waals surface area contributed by atoms with E-state index in [1.807, 2.05) is 11.4 Å². The Balaban J connectivity index is 1.41. The average Bonchev–Trinajstić information content (AvgIpc) is 3.36. The van der Waals surface area contributed by atoms with Crippen LogP contribution in [0.1, 0.15) is 49.8 Å². The van der Waals surface area contributed by atoms with Crippen LogP contribution in [0.25, 0.3) is 0 Å². The summed E-state index contributed by atoms with van der Waals surface area (Å²) in [6.45, 7) is 2.96. The lowest BCUT2D eigenvalue weighted by Crippen LogP contribution is -2.45. The number of nitrogens with one attached hydrogen (secondary N) is 2. The SMILES string of the molecule is O=C(CN(Cc1cccs1)C[C@H]1CCCO1)NC(=O)NCCC1=CCCCC1. The Hall–Kier alpha value is -1.70. The first-order chi connectivity index (χ1) is 13.7. The van der Waals surface area contributed by atoms with Gasteiger partial charge >= 0.3 is 6.03 Å². The summed E-state index contributed by atoms with van der Waals surface area (Å²) in [6.07, 6.45) is 10.2. The highest BCUT2D eigenvalue weighted by atomic mass is 32.1. The molecule has 6 nitrogen and oxygen atoms in total. The van der Waals surface area contributed by atoms with Gasteiger partial charge in [-0.2, -0.15) is 0 Å². The maximum absolute atomic E-state index is 12.4. The molecule has 1 aliphatic heterocycles. The molecule has 0 aromatic carbocycles. The van der Waals surface area contributed by atoms with Crippen LogP contribution in [0.2, 0.25) is 0 Å². The molecule has 3 amide bonds. The second kappa shape index (κ2) is 11.3. The Bertz CT molecular complexity index is 654. The van der Waals surface area contributed by atoms with Crippen molar-refractivity contribution in [1.29, 1.82) is 0 Å². The van der Waals surface area contributed by atoms with Gasteiger partial charge < -0.3 is 10.1 Å². The van der Waals surface area contributed by atoms with Crippen LogP contribution in [-0.4, -0.2) is 49.2 Å². The van der Waals surface area contributed by atoms with E-state index in [9.17, 15) is 9.59 Å². The van der Waals surface area contributed by atoms with Gasteiger partial charge in [-0.15, -0.1) is 11.3 Å². The molecule has 1 aromatic heterocycles. The number of nitrogens with zero attached hydrogens (tertiary/aromatic N) is 1. The maximum Gasteiger partial charge on any atom is 0.321 e. The van der Waals surface area contributed by atoms with Crippen LogP contribution in [-0.2, 0) is 16.1 Å². The number of amides is 3. The molecule has 1 fully saturated rings. The third-order valence-corrected chi connectivity index (χ3v) is 6.04. The zero-order chi connectivity index (χ0) is 19.6. The van der Waals surface area contributed by atoms with Crippen LogP contribution in [0.3, 0.4) is 0 Å². The number of ether oxygens (including phenoxy) is 1. The summed E-state index contributed by atoms with van der Waals surface area (Å²) < 4.78 is 5.72. The molecule has 1 aliphatic carbocycles. The van der Waals surface area contributed by atoms with Crippen LogP contribution in [0.15, 0.2) is 29.2 Å². The third-order valence-electron chi connectivity index (χ3n) is 5.18. The molecule has 154 valence electrons. The van der Waals surface area contributed by atoms with Crippen molar-refractivity contribution in [3.8, 4) is 0 Å². The first-order valence-corrected chi connectivity index (χ1v) is 11.2. The fourth-order valence-electron chi connectivity index (χ4n) is 3.77. The standard InChI is InChI=1S/C21H31N3O3S/c25-20(23-21(26)22-11-10-17-6-2-1-3-7-17)16-24(14-18-8-4-12-27-18)15-19-9-5-13-28-19/h5-6,9,13,18H,1-4,7-8,10-12,14-16H2,(H2,22,23,25,26)/t18-/m1/s1. The van der Waals surface area contributed by atoms with E-state index < -0.39 is 6.03 Å². The number of hydrogen-bond acceptors (Lipinski definition) is 5. The van der Waals surface area contributed by atoms with Crippen molar-refractivity contribution in [2.45, 2.75) is 57.6 Å². The van der Waals surface area contributed by atoms with Crippen LogP contribution < -0.4 is 10.6 Å². The van der Waals surface area contributed by atoms with Crippen molar-refractivity contribution in [2.75, 3.05) is 26.2 Å². The van der Waals surface area contributed by atoms with E-state index >= 15 is 0 Å². The number of carbonyl (C=O) groups excluding carboxylic acids is 2. The first-order valence-electron chi connectivity index (χ1n) is 10.3. The number of thiophene rings is 1. The van der Waals surface area contributed by atoms with Crippen molar-refractivity contribution in [1.82, 2.24) is 15.5 Å². The quantitative estimate of drug-likeness (QED) is 0.618. The molecule has 1 aromatic rings. The van der Waals surface area contributed by atoms with E-state index in [1.54, 1.807) is 11.3 Å². The van der Waals surface area contributed by atoms with E-state index in [0.29, 0.717) is 19.6 Å². The molecule has 0 saturated carbocycles. The van der Waals surface area contributed by atoms with Gasteiger partial charge in [0.05, 0.1) is 12.6 Å². The Labute approximate surface area is 171 Å². The fourth-order valence-corrected chi connectivity index (χ4v) is 4.51. The largest absolute Gasteiger partial charge is 0.377 e. The lowest BCUT2D eigenvalue weighted by atomic mass is 9.97. The van der Waals surface area contributed by atoms with Crippen molar-refractivity contribution in [2.24, 2.45) is 0 Å². The fraction of sp³-hybridized carbons (Fsp3) is 0.619. The van der Waals surface area contributed by atoms with Gasteiger partial charge in [0, 0.05) is 31.1 Å². The predicted octanol–water partition coefficient (Wildman–Crippen LogP) is 3.45. The number of urea groups is 1. The number of carbonyl (C=O) groups is 2. The summed E-state index contributed by atoms with van der Waals surface area (Å²) in [5, 5.41) is 7.30. The normalized spacial score (nSPS) is 19.5. The van der Waals surface area contributed by atoms with Crippen molar-refractivity contribution in [3.05, 3.63) is 34.0 Å². The Morgan fingerprint density at radius 3 is 2.93 bits per heavy atom. The van der Waals surface area contributed by atoms with Crippen LogP contribution in [0.5, 0.6) is 0 Å². The predicted molar refractivity (Wildman–Crippen MR) is 111 cm³/mol. The zero-order valence-electron chi connectivity index (χ0n) is 16.5. The number of hydrogen-bond donors (Lipinski definition) is 2. The molecule has 7 heteroatoms. The minimum atomic E-state index is -0.408. The van der Waals surface area contributed by atoms with E-state index in [2.05, 4.69) is 27.7 Å². The van der Waals surface area contributed by atoms with E-state index in [4.69, 9.17) is 4.74 Å². The lowest BCUT2D eigenvalue weighted by molar-refractivity contribution is -0.121. The topological polar surface area (TPSA) is 70.7 Å². The monoisotopic (exact) mass is 405 g/mol. The van der Waals surface area contributed by atoms with Crippen LogP contribution in [0, 0.1) is 0 Å². The number of allylic oxidation sites excluding steroid dienone is 1. The van der Waals surface area contributed by atoms with E-state index in [1.165, 1.54) is 23.3 Å². The summed E-state index contributed by atoms with van der Waals surface area (Å²) in [6, 6.07) is 3.67. The summed E-state index contributed by atoms with van der Waals surface area (Å²) in [5.74, 6) is -0.274. The average molecular weight is 406 g/mol. The first kappa shape index (κ1) is 21.0. The lowest BCUT2D eigenvalue weighted by Gasteiger charge is -2.24. The van der Waals surface area contributed by atoms with E-state index in [0.717, 1.165) is 38.7 Å². The van der Waals surface area contributed by atoms with Gasteiger partial charge in [-0.3, -0.25) is 15.0 Å². The van der Waals surface area contributed by atoms with Gasteiger partial charge in [-0.05, 0) is 56.4 Å². The molecule has 28 heavy (non-hydrogen) atoms. The molecular formula is C21H31N3O3S. The molecule has 1 atom stereocenters. The second-order valence-corrected chi connectivity index (χ2v) is 8.58. The maximum atomic E-state index is 12.4. The minimum absolute atomic E-state index is 0.172. The number of rotatable bonds is 9. The summed E-state index contributed by atoms with van der Waals surface area (Å²) >= 11 is 1.68. The summed E-state index contributed by atoms with van der Waals surface area (Å²) in [5.41, 5.74) is 1.41. The Morgan fingerprint density at radius 2 is 2.21 bits per heavy atom. The molecule has 0 unspecified atom stereocenters. The molecule has 2 heterocycles. The summed E-state index contributed by atoms with van der Waals surface area (Å²) in [7, 11) is 0. The molecule has 2 aliphatic rings. The molecule has 2 N–H and O–H groups in total. The van der Waals surface area contributed by atoms with Gasteiger partial charge in [0.2, 0.25) is 5.91 Å². The molecule has 3 rings (SSSR count). The van der Waals surface area contributed by atoms with Gasteiger partial charge in [0.15, 0.2) is 0 Å². The Kier molecular flexibility index (Phi) is 8.51. The molecule has 0 spiro atoms. The van der Waals surface area contributed by atoms with Crippen molar-refractivity contribution in [3.63, 3.8) is 0 Å². The van der Waals surface area contributed by atoms with Gasteiger partial charge in [0.25, 0.3) is 0 Å². The molecule has 1 saturated heterocycles. The van der Waals surface area contributed by atoms with Crippen molar-refractivity contribution >= 4 is 23.3 Å². The summed E-state index contributed by atoms with van der Waals surface area (Å²) in [4.78, 5) is 27.7. The highest BCUT2D eigenvalue weighted by molar-refractivity contribution is 7.09. The molecule has 0 bridgehead atoms. The zero-order valence-corrected chi connectivity index (χ0v) is 17.3. The van der Waals surface area contributed by atoms with E-state index in [-0.39, 0.29) is 18.6 Å². The Morgan fingerprint density at radius 1 is 1.29 bits per heavy atom. The van der Waals surface area contributed by atoms with Crippen LogP contribution >= 0.6 is 11.3 Å². The highest BCUT2D eigenvalue weighted by Gasteiger charge is 2.22. The number of imide groups is 1. The van der Waals surface area contributed by atoms with Gasteiger partial charge in [-0.25, -0.2) is 4.79 Å². The second-order valence-electron chi connectivity index (χ2n) is 7.55. The molecule has 0 radical (unpaired) electrons. The minimum Gasteiger partial charge on any atom is -0.377 e. The van der Waals surface area contributed by atoms with Crippen molar-refractivity contribution < 1.29 is 14.3 Å². The van der Waals surface area contributed by atoms with Crippen LogP contribution in [0.4, 0.5) is 4.79 Å². The van der Waals surface area contributed by atoms with Gasteiger partial charge in [-0.1, -0.05) is 17.7 Å².